The fraction of sp³-hybridized carbons (Fsp3) is 0.250. The summed E-state index contributed by atoms with van der Waals surface area (Å²) < 4.78 is 54.9. The van der Waals surface area contributed by atoms with Crippen LogP contribution in [0.5, 0.6) is 11.5 Å². The van der Waals surface area contributed by atoms with Gasteiger partial charge in [0.1, 0.15) is 34.7 Å². The first kappa shape index (κ1) is 28.5. The minimum Gasteiger partial charge on any atom is -0.497 e. The fourth-order valence-corrected chi connectivity index (χ4v) is 5.60. The Morgan fingerprint density at radius 3 is 2.12 bits per heavy atom. The maximum Gasteiger partial charge on any atom is 0.263 e. The van der Waals surface area contributed by atoms with Gasteiger partial charge in [-0.1, -0.05) is 54.6 Å². The number of rotatable bonds is 9. The van der Waals surface area contributed by atoms with Crippen LogP contribution in [0.1, 0.15) is 22.9 Å². The summed E-state index contributed by atoms with van der Waals surface area (Å²) in [5.74, 6) is 0.429. The average molecular weight is 590 g/mol. The molecular weight excluding hydrogens is 560 g/mol. The van der Waals surface area contributed by atoms with Crippen LogP contribution < -0.4 is 15.0 Å². The number of fused-ring (bicyclic) bond motifs is 1. The summed E-state index contributed by atoms with van der Waals surface area (Å²) in [6.07, 6.45) is -4.10. The van der Waals surface area contributed by atoms with Crippen LogP contribution in [0.2, 0.25) is 0 Å². The van der Waals surface area contributed by atoms with Gasteiger partial charge in [0.2, 0.25) is 0 Å². The quantitative estimate of drug-likeness (QED) is 0.244. The normalized spacial score (nSPS) is 20.4. The minimum atomic E-state index is -1.90. The molecule has 1 aliphatic rings. The second-order valence-corrected chi connectivity index (χ2v) is 10.1. The summed E-state index contributed by atoms with van der Waals surface area (Å²) >= 11 is 0. The molecule has 1 saturated heterocycles. The summed E-state index contributed by atoms with van der Waals surface area (Å²) in [4.78, 5) is 18.5. The molecule has 0 amide bonds. The van der Waals surface area contributed by atoms with Crippen molar-refractivity contribution in [2.45, 2.75) is 30.2 Å². The van der Waals surface area contributed by atoms with Gasteiger partial charge in [-0.25, -0.2) is 13.8 Å². The number of benzene rings is 3. The van der Waals surface area contributed by atoms with Crippen molar-refractivity contribution in [1.82, 2.24) is 14.5 Å². The molecule has 0 spiro atoms. The van der Waals surface area contributed by atoms with Gasteiger partial charge in [-0.15, -0.1) is 0 Å². The van der Waals surface area contributed by atoms with Crippen molar-refractivity contribution < 1.29 is 32.8 Å². The number of ether oxygens (including phenoxy) is 4. The van der Waals surface area contributed by atoms with Crippen molar-refractivity contribution in [3.05, 3.63) is 124 Å². The van der Waals surface area contributed by atoms with E-state index in [1.165, 1.54) is 0 Å². The monoisotopic (exact) mass is 589 g/mol. The van der Waals surface area contributed by atoms with Gasteiger partial charge in [0, 0.05) is 6.20 Å². The highest BCUT2D eigenvalue weighted by Crippen LogP contribution is 2.43. The number of aromatic amines is 1. The number of hydrogen-bond acceptors (Lipinski definition) is 7. The number of halogens is 2. The first-order chi connectivity index (χ1) is 20.9. The number of aliphatic hydroxyl groups excluding tert-OH is 1. The molecule has 2 N–H and O–H groups in total. The molecule has 11 heteroatoms. The van der Waals surface area contributed by atoms with Gasteiger partial charge in [-0.3, -0.25) is 4.79 Å². The number of H-pyrrole nitrogens is 1. The highest BCUT2D eigenvalue weighted by Gasteiger charge is 2.48. The molecule has 43 heavy (non-hydrogen) atoms. The van der Waals surface area contributed by atoms with Gasteiger partial charge in [0.05, 0.1) is 27.2 Å². The van der Waals surface area contributed by atoms with Gasteiger partial charge in [0.25, 0.3) is 5.56 Å². The summed E-state index contributed by atoms with van der Waals surface area (Å²) in [5.41, 5.74) is 0.214. The van der Waals surface area contributed by atoms with E-state index in [4.69, 9.17) is 18.9 Å². The topological polar surface area (TPSA) is 108 Å². The number of hydrogen-bond donors (Lipinski definition) is 2. The van der Waals surface area contributed by atoms with Gasteiger partial charge >= 0.3 is 0 Å². The van der Waals surface area contributed by atoms with Gasteiger partial charge in [-0.05, 0) is 41.0 Å². The third-order valence-corrected chi connectivity index (χ3v) is 7.77. The standard InChI is InChI=1S/C32H29F2N3O6/c1-40-22-12-8-20(9-13-22)32(19-6-4-3-5-7-19,21-10-14-23(41-2)15-11-21)42-17-25-27(34)28(38)31(43-25)37-16-24(33)26-29(37)35-18-36-30(26)39/h3-16,18,25,27-28,31,38H,17H2,1-2H3,(H,35,36,39)/t25-,27+,28-,31-/m1/s1. The van der Waals surface area contributed by atoms with Crippen LogP contribution in [-0.2, 0) is 15.1 Å². The minimum absolute atomic E-state index is 0.0748. The van der Waals surface area contributed by atoms with Crippen LogP contribution in [0, 0.1) is 5.82 Å². The van der Waals surface area contributed by atoms with Gasteiger partial charge < -0.3 is 33.6 Å². The SMILES string of the molecule is COc1ccc(C(OC[C@H]2O[C@@H](n3cc(F)c4c(=O)[nH]cnc43)[C@H](O)[C@H]2F)(c2ccccc2)c2ccc(OC)cc2)cc1. The molecule has 1 fully saturated rings. The predicted octanol–water partition coefficient (Wildman–Crippen LogP) is 4.49. The Bertz CT molecular complexity index is 1710. The number of alkyl halides is 1. The molecule has 0 aliphatic carbocycles. The predicted molar refractivity (Wildman–Crippen MR) is 153 cm³/mol. The van der Waals surface area contributed by atoms with Crippen molar-refractivity contribution in [1.29, 1.82) is 0 Å². The summed E-state index contributed by atoms with van der Waals surface area (Å²) in [6, 6.07) is 24.2. The van der Waals surface area contributed by atoms with Crippen LogP contribution in [0.4, 0.5) is 8.78 Å². The maximum atomic E-state index is 15.7. The molecular formula is C32H29F2N3O6. The van der Waals surface area contributed by atoms with E-state index in [1.807, 2.05) is 78.9 Å². The van der Waals surface area contributed by atoms with Crippen molar-refractivity contribution >= 4 is 11.0 Å². The van der Waals surface area contributed by atoms with E-state index in [9.17, 15) is 14.3 Å². The first-order valence-corrected chi connectivity index (χ1v) is 13.6. The number of aromatic nitrogens is 3. The summed E-state index contributed by atoms with van der Waals surface area (Å²) in [6.45, 7) is -0.294. The van der Waals surface area contributed by atoms with E-state index in [0.717, 1.165) is 33.8 Å². The Labute approximate surface area is 245 Å². The molecule has 3 aromatic carbocycles. The van der Waals surface area contributed by atoms with Crippen LogP contribution in [0.15, 0.2) is 96.2 Å². The number of aliphatic hydroxyl groups is 1. The lowest BCUT2D eigenvalue weighted by atomic mass is 9.80. The number of nitrogens with zero attached hydrogens (tertiary/aromatic N) is 2. The van der Waals surface area contributed by atoms with Crippen LogP contribution in [0.3, 0.4) is 0 Å². The molecule has 6 rings (SSSR count). The van der Waals surface area contributed by atoms with Gasteiger partial charge in [0.15, 0.2) is 23.9 Å². The van der Waals surface area contributed by atoms with Crippen molar-refractivity contribution in [3.8, 4) is 11.5 Å². The third-order valence-electron chi connectivity index (χ3n) is 7.77. The van der Waals surface area contributed by atoms with E-state index in [0.29, 0.717) is 11.5 Å². The molecule has 5 aromatic rings. The van der Waals surface area contributed by atoms with Crippen molar-refractivity contribution in [2.75, 3.05) is 20.8 Å². The van der Waals surface area contributed by atoms with E-state index >= 15 is 4.39 Å². The van der Waals surface area contributed by atoms with E-state index < -0.39 is 41.6 Å². The molecule has 222 valence electrons. The molecule has 9 nitrogen and oxygen atoms in total. The molecule has 0 radical (unpaired) electrons. The molecule has 2 aromatic heterocycles. The van der Waals surface area contributed by atoms with E-state index in [1.54, 1.807) is 14.2 Å². The Morgan fingerprint density at radius 1 is 0.953 bits per heavy atom. The lowest BCUT2D eigenvalue weighted by Crippen LogP contribution is -2.38. The molecule has 0 saturated carbocycles. The van der Waals surface area contributed by atoms with Crippen LogP contribution in [0.25, 0.3) is 11.0 Å². The molecule has 0 bridgehead atoms. The number of nitrogens with one attached hydrogen (secondary N) is 1. The van der Waals surface area contributed by atoms with Gasteiger partial charge in [-0.2, -0.15) is 0 Å². The van der Waals surface area contributed by atoms with E-state index in [2.05, 4.69) is 9.97 Å². The molecule has 1 aliphatic heterocycles. The Kier molecular flexibility index (Phi) is 7.70. The zero-order valence-corrected chi connectivity index (χ0v) is 23.3. The molecule has 0 unspecified atom stereocenters. The Balaban J connectivity index is 1.40. The number of methoxy groups -OCH3 is 2. The second-order valence-electron chi connectivity index (χ2n) is 10.1. The third kappa shape index (κ3) is 4.95. The average Bonchev–Trinajstić information content (AvgIpc) is 3.54. The lowest BCUT2D eigenvalue weighted by Gasteiger charge is -2.37. The smallest absolute Gasteiger partial charge is 0.263 e. The second kappa shape index (κ2) is 11.6. The lowest BCUT2D eigenvalue weighted by molar-refractivity contribution is -0.0893. The Morgan fingerprint density at radius 2 is 1.53 bits per heavy atom. The van der Waals surface area contributed by atoms with E-state index in [-0.39, 0.29) is 17.6 Å². The zero-order chi connectivity index (χ0) is 30.1. The van der Waals surface area contributed by atoms with Crippen LogP contribution >= 0.6 is 0 Å². The largest absolute Gasteiger partial charge is 0.497 e. The first-order valence-electron chi connectivity index (χ1n) is 13.6. The summed E-state index contributed by atoms with van der Waals surface area (Å²) in [7, 11) is 3.15. The zero-order valence-electron chi connectivity index (χ0n) is 23.3. The summed E-state index contributed by atoms with van der Waals surface area (Å²) in [5, 5.41) is 10.6. The highest BCUT2D eigenvalue weighted by molar-refractivity contribution is 5.75. The fourth-order valence-electron chi connectivity index (χ4n) is 5.60. The van der Waals surface area contributed by atoms with Crippen molar-refractivity contribution in [3.63, 3.8) is 0 Å². The Hall–Kier alpha value is -4.58. The molecule has 4 atom stereocenters. The van der Waals surface area contributed by atoms with Crippen LogP contribution in [-0.4, -0.2) is 58.8 Å². The maximum absolute atomic E-state index is 15.7. The van der Waals surface area contributed by atoms with Crippen molar-refractivity contribution in [2.24, 2.45) is 0 Å². The highest BCUT2D eigenvalue weighted by atomic mass is 19.1. The molecule has 3 heterocycles.